The Kier molecular flexibility index (Phi) is 6.15. The average Bonchev–Trinajstić information content (AvgIpc) is 2.34. The van der Waals surface area contributed by atoms with Crippen molar-refractivity contribution in [1.29, 1.82) is 0 Å². The Morgan fingerprint density at radius 2 is 2.38 bits per heavy atom. The number of aldehydes is 1. The van der Waals surface area contributed by atoms with Gasteiger partial charge in [0.25, 0.3) is 0 Å². The Balaban J connectivity index is 2.38. The summed E-state index contributed by atoms with van der Waals surface area (Å²) in [5.74, 6) is 0.572. The van der Waals surface area contributed by atoms with Gasteiger partial charge in [0, 0.05) is 22.8 Å². The maximum Gasteiger partial charge on any atom is 0.150 e. The highest BCUT2D eigenvalue weighted by Crippen LogP contribution is 2.19. The maximum atomic E-state index is 10.6. The summed E-state index contributed by atoms with van der Waals surface area (Å²) in [6.07, 6.45) is 0.352. The minimum atomic E-state index is -0.468. The van der Waals surface area contributed by atoms with E-state index < -0.39 is 6.10 Å². The second-order valence-corrected chi connectivity index (χ2v) is 4.41. The van der Waals surface area contributed by atoms with E-state index in [1.54, 1.807) is 6.07 Å². The van der Waals surface area contributed by atoms with Crippen molar-refractivity contribution in [2.45, 2.75) is 17.9 Å². The van der Waals surface area contributed by atoms with Gasteiger partial charge in [-0.15, -0.1) is 11.8 Å². The van der Waals surface area contributed by atoms with Crippen LogP contribution in [0.3, 0.4) is 0 Å². The van der Waals surface area contributed by atoms with Gasteiger partial charge in [-0.25, -0.2) is 0 Å². The SMILES string of the molecule is CCOCC(O)CSc1cccc(C=O)c1. The first-order valence-corrected chi connectivity index (χ1v) is 6.18. The highest BCUT2D eigenvalue weighted by atomic mass is 32.2. The number of aliphatic hydroxyl groups excluding tert-OH is 1. The van der Waals surface area contributed by atoms with Gasteiger partial charge in [0.2, 0.25) is 0 Å². The number of thioether (sulfide) groups is 1. The third-order valence-corrected chi connectivity index (χ3v) is 3.09. The summed E-state index contributed by atoms with van der Waals surface area (Å²) in [6, 6.07) is 7.32. The van der Waals surface area contributed by atoms with Gasteiger partial charge in [-0.3, -0.25) is 4.79 Å². The number of carbonyl (C=O) groups is 1. The van der Waals surface area contributed by atoms with E-state index in [4.69, 9.17) is 4.74 Å². The van der Waals surface area contributed by atoms with Gasteiger partial charge in [-0.1, -0.05) is 12.1 Å². The zero-order chi connectivity index (χ0) is 11.8. The van der Waals surface area contributed by atoms with Crippen LogP contribution in [0.5, 0.6) is 0 Å². The molecule has 0 aromatic heterocycles. The molecule has 1 N–H and O–H groups in total. The number of aliphatic hydroxyl groups is 1. The fourth-order valence-electron chi connectivity index (χ4n) is 1.17. The lowest BCUT2D eigenvalue weighted by Gasteiger charge is -2.09. The molecule has 4 heteroatoms. The second-order valence-electron chi connectivity index (χ2n) is 3.31. The summed E-state index contributed by atoms with van der Waals surface area (Å²) in [5, 5.41) is 9.55. The number of hydrogen-bond donors (Lipinski definition) is 1. The molecule has 0 heterocycles. The fourth-order valence-corrected chi connectivity index (χ4v) is 2.05. The molecule has 0 amide bonds. The molecular weight excluding hydrogens is 224 g/mol. The molecule has 0 saturated carbocycles. The van der Waals surface area contributed by atoms with Gasteiger partial charge in [0.05, 0.1) is 12.7 Å². The van der Waals surface area contributed by atoms with Crippen molar-refractivity contribution in [1.82, 2.24) is 0 Å². The molecular formula is C12H16O3S. The van der Waals surface area contributed by atoms with E-state index >= 15 is 0 Å². The number of hydrogen-bond acceptors (Lipinski definition) is 4. The molecule has 88 valence electrons. The number of ether oxygens (including phenoxy) is 1. The predicted molar refractivity (Wildman–Crippen MR) is 65.1 cm³/mol. The van der Waals surface area contributed by atoms with Crippen molar-refractivity contribution < 1.29 is 14.6 Å². The molecule has 0 radical (unpaired) electrons. The summed E-state index contributed by atoms with van der Waals surface area (Å²) in [4.78, 5) is 11.5. The maximum absolute atomic E-state index is 10.6. The first-order valence-electron chi connectivity index (χ1n) is 5.20. The normalized spacial score (nSPS) is 12.4. The number of carbonyl (C=O) groups excluding carboxylic acids is 1. The van der Waals surface area contributed by atoms with Crippen molar-refractivity contribution >= 4 is 18.0 Å². The van der Waals surface area contributed by atoms with E-state index in [0.717, 1.165) is 11.2 Å². The molecule has 0 spiro atoms. The van der Waals surface area contributed by atoms with Crippen molar-refractivity contribution in [3.63, 3.8) is 0 Å². The average molecular weight is 240 g/mol. The van der Waals surface area contributed by atoms with Gasteiger partial charge < -0.3 is 9.84 Å². The van der Waals surface area contributed by atoms with Crippen molar-refractivity contribution in [3.8, 4) is 0 Å². The first-order chi connectivity index (χ1) is 7.76. The molecule has 0 bridgehead atoms. The third-order valence-electron chi connectivity index (χ3n) is 1.95. The third kappa shape index (κ3) is 4.79. The Labute approximate surface area is 99.8 Å². The molecule has 0 saturated heterocycles. The van der Waals surface area contributed by atoms with Crippen LogP contribution in [-0.4, -0.2) is 36.5 Å². The van der Waals surface area contributed by atoms with Crippen molar-refractivity contribution in [2.75, 3.05) is 19.0 Å². The van der Waals surface area contributed by atoms with Gasteiger partial charge in [0.1, 0.15) is 6.29 Å². The molecule has 3 nitrogen and oxygen atoms in total. The van der Waals surface area contributed by atoms with Crippen LogP contribution in [0.4, 0.5) is 0 Å². The number of rotatable bonds is 7. The summed E-state index contributed by atoms with van der Waals surface area (Å²) in [5.41, 5.74) is 0.657. The molecule has 1 rings (SSSR count). The quantitative estimate of drug-likeness (QED) is 0.585. The summed E-state index contributed by atoms with van der Waals surface area (Å²) >= 11 is 1.52. The standard InChI is InChI=1S/C12H16O3S/c1-2-15-8-11(14)9-16-12-5-3-4-10(6-12)7-13/h3-7,11,14H,2,8-9H2,1H3. The lowest BCUT2D eigenvalue weighted by molar-refractivity contribution is 0.0551. The Hall–Kier alpha value is -0.840. The molecule has 1 atom stereocenters. The monoisotopic (exact) mass is 240 g/mol. The van der Waals surface area contributed by atoms with E-state index in [-0.39, 0.29) is 0 Å². The second kappa shape index (κ2) is 7.44. The molecule has 0 aliphatic heterocycles. The molecule has 0 fully saturated rings. The molecule has 0 aliphatic carbocycles. The minimum absolute atomic E-state index is 0.358. The highest BCUT2D eigenvalue weighted by Gasteiger charge is 2.05. The first kappa shape index (κ1) is 13.2. The van der Waals surface area contributed by atoms with Crippen LogP contribution < -0.4 is 0 Å². The molecule has 1 aromatic carbocycles. The largest absolute Gasteiger partial charge is 0.390 e. The van der Waals surface area contributed by atoms with Crippen LogP contribution in [0, 0.1) is 0 Å². The topological polar surface area (TPSA) is 46.5 Å². The summed E-state index contributed by atoms with van der Waals surface area (Å²) < 4.78 is 5.11. The van der Waals surface area contributed by atoms with Gasteiger partial charge in [-0.2, -0.15) is 0 Å². The molecule has 1 unspecified atom stereocenters. The van der Waals surface area contributed by atoms with Crippen LogP contribution >= 0.6 is 11.8 Å². The Morgan fingerprint density at radius 3 is 3.06 bits per heavy atom. The molecule has 1 aromatic rings. The molecule has 0 aliphatic rings. The fraction of sp³-hybridized carbons (Fsp3) is 0.417. The predicted octanol–water partition coefficient (Wildman–Crippen LogP) is 1.99. The van der Waals surface area contributed by atoms with Crippen LogP contribution in [0.25, 0.3) is 0 Å². The smallest absolute Gasteiger partial charge is 0.150 e. The summed E-state index contributed by atoms with van der Waals surface area (Å²) in [6.45, 7) is 2.87. The zero-order valence-corrected chi connectivity index (χ0v) is 10.1. The van der Waals surface area contributed by atoms with Crippen LogP contribution in [0.2, 0.25) is 0 Å². The van der Waals surface area contributed by atoms with E-state index in [9.17, 15) is 9.90 Å². The van der Waals surface area contributed by atoms with Crippen molar-refractivity contribution in [2.24, 2.45) is 0 Å². The van der Waals surface area contributed by atoms with Crippen LogP contribution in [0.15, 0.2) is 29.2 Å². The van der Waals surface area contributed by atoms with E-state index in [2.05, 4.69) is 0 Å². The lowest BCUT2D eigenvalue weighted by atomic mass is 10.2. The van der Waals surface area contributed by atoms with E-state index in [1.807, 2.05) is 25.1 Å². The highest BCUT2D eigenvalue weighted by molar-refractivity contribution is 7.99. The van der Waals surface area contributed by atoms with Gasteiger partial charge >= 0.3 is 0 Å². The van der Waals surface area contributed by atoms with Crippen molar-refractivity contribution in [3.05, 3.63) is 29.8 Å². The van der Waals surface area contributed by atoms with Gasteiger partial charge in [0.15, 0.2) is 0 Å². The Bertz CT molecular complexity index is 328. The Morgan fingerprint density at radius 1 is 1.56 bits per heavy atom. The molecule has 16 heavy (non-hydrogen) atoms. The van der Waals surface area contributed by atoms with Crippen LogP contribution in [0.1, 0.15) is 17.3 Å². The van der Waals surface area contributed by atoms with Gasteiger partial charge in [-0.05, 0) is 19.1 Å². The lowest BCUT2D eigenvalue weighted by Crippen LogP contribution is -2.17. The van der Waals surface area contributed by atoms with Crippen LogP contribution in [-0.2, 0) is 4.74 Å². The number of benzene rings is 1. The zero-order valence-electron chi connectivity index (χ0n) is 9.26. The minimum Gasteiger partial charge on any atom is -0.390 e. The van der Waals surface area contributed by atoms with E-state index in [0.29, 0.717) is 24.5 Å². The summed E-state index contributed by atoms with van der Waals surface area (Å²) in [7, 11) is 0. The van der Waals surface area contributed by atoms with E-state index in [1.165, 1.54) is 11.8 Å².